The van der Waals surface area contributed by atoms with E-state index in [2.05, 4.69) is 21.2 Å². The molecule has 0 aliphatic rings. The van der Waals surface area contributed by atoms with Gasteiger partial charge in [0.1, 0.15) is 5.92 Å². The zero-order chi connectivity index (χ0) is 16.2. The molecular weight excluding hydrogens is 334 g/mol. The lowest BCUT2D eigenvalue weighted by molar-refractivity contribution is -0.155. The highest BCUT2D eigenvalue weighted by atomic mass is 79.9. The molecule has 0 saturated heterocycles. The molecule has 0 aliphatic heterocycles. The van der Waals surface area contributed by atoms with Gasteiger partial charge in [-0.1, -0.05) is 36.7 Å². The van der Waals surface area contributed by atoms with Crippen LogP contribution in [0, 0.1) is 18.3 Å². The van der Waals surface area contributed by atoms with Gasteiger partial charge in [-0.05, 0) is 43.0 Å². The summed E-state index contributed by atoms with van der Waals surface area (Å²) in [6.07, 6.45) is 0. The lowest BCUT2D eigenvalue weighted by Crippen LogP contribution is -2.40. The van der Waals surface area contributed by atoms with Crippen molar-refractivity contribution in [3.63, 3.8) is 0 Å². The first-order valence-corrected chi connectivity index (χ1v) is 7.69. The zero-order valence-corrected chi connectivity index (χ0v) is 14.7. The van der Waals surface area contributed by atoms with Crippen molar-refractivity contribution in [3.8, 4) is 0 Å². The zero-order valence-electron chi connectivity index (χ0n) is 13.1. The van der Waals surface area contributed by atoms with Gasteiger partial charge in [-0.15, -0.1) is 0 Å². The lowest BCUT2D eigenvalue weighted by Gasteiger charge is -2.27. The van der Waals surface area contributed by atoms with Crippen molar-refractivity contribution in [1.82, 2.24) is 0 Å². The van der Waals surface area contributed by atoms with Crippen molar-refractivity contribution in [3.05, 3.63) is 28.2 Å². The first-order valence-electron chi connectivity index (χ1n) is 6.90. The summed E-state index contributed by atoms with van der Waals surface area (Å²) < 4.78 is 5.97. The molecule has 0 radical (unpaired) electrons. The van der Waals surface area contributed by atoms with Crippen molar-refractivity contribution < 1.29 is 14.3 Å². The number of anilines is 1. The molecule has 1 unspecified atom stereocenters. The molecule has 0 aliphatic carbocycles. The smallest absolute Gasteiger partial charge is 0.319 e. The highest BCUT2D eigenvalue weighted by Crippen LogP contribution is 2.29. The van der Waals surface area contributed by atoms with E-state index in [1.165, 1.54) is 0 Å². The number of benzene rings is 1. The summed E-state index contributed by atoms with van der Waals surface area (Å²) in [5, 5.41) is 2.82. The number of nitrogens with one attached hydrogen (secondary N) is 1. The van der Waals surface area contributed by atoms with E-state index in [1.807, 2.05) is 45.9 Å². The normalized spacial score (nSPS) is 12.7. The predicted octanol–water partition coefficient (Wildman–Crippen LogP) is 3.92. The molecule has 4 nitrogen and oxygen atoms in total. The second kappa shape index (κ2) is 7.07. The molecule has 0 aromatic heterocycles. The number of halogens is 1. The van der Waals surface area contributed by atoms with E-state index in [0.29, 0.717) is 5.69 Å². The fraction of sp³-hybridized carbons (Fsp3) is 0.500. The minimum absolute atomic E-state index is 0.260. The fourth-order valence-corrected chi connectivity index (χ4v) is 2.53. The van der Waals surface area contributed by atoms with Gasteiger partial charge >= 0.3 is 5.97 Å². The van der Waals surface area contributed by atoms with Gasteiger partial charge in [-0.3, -0.25) is 9.59 Å². The quantitative estimate of drug-likeness (QED) is 0.657. The molecule has 21 heavy (non-hydrogen) atoms. The average molecular weight is 356 g/mol. The van der Waals surface area contributed by atoms with E-state index in [1.54, 1.807) is 6.92 Å². The maximum absolute atomic E-state index is 12.5. The van der Waals surface area contributed by atoms with Crippen molar-refractivity contribution in [2.75, 3.05) is 11.9 Å². The van der Waals surface area contributed by atoms with Crippen LogP contribution in [0.2, 0.25) is 0 Å². The second-order valence-electron chi connectivity index (χ2n) is 6.00. The third kappa shape index (κ3) is 4.84. The standard InChI is InChI=1S/C16H22BrNO3/c1-6-21-15(20)13(16(3,4)5)14(19)18-12-8-7-11(17)9-10(12)2/h7-9,13H,6H2,1-5H3,(H,18,19). The Balaban J connectivity index is 2.99. The Morgan fingerprint density at radius 2 is 1.95 bits per heavy atom. The van der Waals surface area contributed by atoms with Gasteiger partial charge in [0.2, 0.25) is 5.91 Å². The molecule has 0 spiro atoms. The van der Waals surface area contributed by atoms with E-state index >= 15 is 0 Å². The topological polar surface area (TPSA) is 55.4 Å². The number of carbonyl (C=O) groups is 2. The molecule has 1 rings (SSSR count). The van der Waals surface area contributed by atoms with Crippen molar-refractivity contribution >= 4 is 33.5 Å². The summed E-state index contributed by atoms with van der Waals surface area (Å²) in [4.78, 5) is 24.6. The molecule has 1 aromatic rings. The molecular formula is C16H22BrNO3. The lowest BCUT2D eigenvalue weighted by atomic mass is 9.80. The number of aryl methyl sites for hydroxylation is 1. The fourth-order valence-electron chi connectivity index (χ4n) is 2.05. The molecule has 0 heterocycles. The molecule has 1 N–H and O–H groups in total. The highest BCUT2D eigenvalue weighted by molar-refractivity contribution is 9.10. The molecule has 1 aromatic carbocycles. The summed E-state index contributed by atoms with van der Waals surface area (Å²) in [5.74, 6) is -1.68. The predicted molar refractivity (Wildman–Crippen MR) is 87.1 cm³/mol. The third-order valence-corrected chi connectivity index (χ3v) is 3.59. The van der Waals surface area contributed by atoms with Gasteiger partial charge in [-0.25, -0.2) is 0 Å². The Morgan fingerprint density at radius 3 is 2.43 bits per heavy atom. The maximum atomic E-state index is 12.5. The van der Waals surface area contributed by atoms with E-state index in [9.17, 15) is 9.59 Å². The molecule has 1 atom stereocenters. The van der Waals surface area contributed by atoms with Crippen LogP contribution < -0.4 is 5.32 Å². The van der Waals surface area contributed by atoms with Crippen LogP contribution in [-0.2, 0) is 14.3 Å². The molecule has 116 valence electrons. The number of esters is 1. The van der Waals surface area contributed by atoms with E-state index in [-0.39, 0.29) is 12.5 Å². The van der Waals surface area contributed by atoms with Crippen LogP contribution in [0.15, 0.2) is 22.7 Å². The molecule has 0 fully saturated rings. The van der Waals surface area contributed by atoms with Crippen LogP contribution in [0.4, 0.5) is 5.69 Å². The average Bonchev–Trinajstić information content (AvgIpc) is 2.31. The molecule has 0 saturated carbocycles. The van der Waals surface area contributed by atoms with Crippen molar-refractivity contribution in [2.24, 2.45) is 11.3 Å². The molecule has 5 heteroatoms. The van der Waals surface area contributed by atoms with Crippen LogP contribution in [0.25, 0.3) is 0 Å². The largest absolute Gasteiger partial charge is 0.465 e. The minimum atomic E-state index is -0.847. The summed E-state index contributed by atoms with van der Waals surface area (Å²) in [6, 6.07) is 5.56. The van der Waals surface area contributed by atoms with Gasteiger partial charge in [0.25, 0.3) is 0 Å². The Morgan fingerprint density at radius 1 is 1.33 bits per heavy atom. The number of amides is 1. The second-order valence-corrected chi connectivity index (χ2v) is 6.92. The van der Waals surface area contributed by atoms with Crippen LogP contribution in [0.1, 0.15) is 33.3 Å². The number of carbonyl (C=O) groups excluding carboxylic acids is 2. The van der Waals surface area contributed by atoms with Crippen LogP contribution in [-0.4, -0.2) is 18.5 Å². The Hall–Kier alpha value is -1.36. The SMILES string of the molecule is CCOC(=O)C(C(=O)Nc1ccc(Br)cc1C)C(C)(C)C. The Labute approximate surface area is 134 Å². The van der Waals surface area contributed by atoms with Gasteiger partial charge in [0.05, 0.1) is 6.61 Å². The third-order valence-electron chi connectivity index (χ3n) is 3.10. The Kier molecular flexibility index (Phi) is 5.96. The molecule has 0 bridgehead atoms. The summed E-state index contributed by atoms with van der Waals surface area (Å²) in [5.41, 5.74) is 1.11. The van der Waals surface area contributed by atoms with Gasteiger partial charge in [-0.2, -0.15) is 0 Å². The summed E-state index contributed by atoms with van der Waals surface area (Å²) >= 11 is 3.38. The van der Waals surface area contributed by atoms with E-state index in [4.69, 9.17) is 4.74 Å². The van der Waals surface area contributed by atoms with Crippen molar-refractivity contribution in [1.29, 1.82) is 0 Å². The number of rotatable bonds is 4. The first-order chi connectivity index (χ1) is 9.66. The monoisotopic (exact) mass is 355 g/mol. The van der Waals surface area contributed by atoms with Gasteiger partial charge in [0, 0.05) is 10.2 Å². The van der Waals surface area contributed by atoms with Gasteiger partial charge in [0.15, 0.2) is 0 Å². The highest BCUT2D eigenvalue weighted by Gasteiger charge is 2.39. The molecule has 1 amide bonds. The van der Waals surface area contributed by atoms with Crippen LogP contribution in [0.5, 0.6) is 0 Å². The van der Waals surface area contributed by atoms with Crippen molar-refractivity contribution in [2.45, 2.75) is 34.6 Å². The van der Waals surface area contributed by atoms with Gasteiger partial charge < -0.3 is 10.1 Å². The number of hydrogen-bond donors (Lipinski definition) is 1. The maximum Gasteiger partial charge on any atom is 0.319 e. The van der Waals surface area contributed by atoms with E-state index in [0.717, 1.165) is 10.0 Å². The van der Waals surface area contributed by atoms with Crippen LogP contribution >= 0.6 is 15.9 Å². The van der Waals surface area contributed by atoms with E-state index < -0.39 is 17.3 Å². The minimum Gasteiger partial charge on any atom is -0.465 e. The Bertz CT molecular complexity index is 535. The summed E-state index contributed by atoms with van der Waals surface area (Å²) in [7, 11) is 0. The number of ether oxygens (including phenoxy) is 1. The summed E-state index contributed by atoms with van der Waals surface area (Å²) in [6.45, 7) is 9.44. The first kappa shape index (κ1) is 17.7. The van der Waals surface area contributed by atoms with Crippen LogP contribution in [0.3, 0.4) is 0 Å². The number of hydrogen-bond acceptors (Lipinski definition) is 3.